The zero-order valence-corrected chi connectivity index (χ0v) is 19.8. The van der Waals surface area contributed by atoms with Crippen LogP contribution in [0.5, 0.6) is 5.75 Å². The Bertz CT molecular complexity index is 1280. The van der Waals surface area contributed by atoms with Crippen molar-refractivity contribution in [1.82, 2.24) is 9.62 Å². The maximum Gasteiger partial charge on any atom is 0.387 e. The highest BCUT2D eigenvalue weighted by Crippen LogP contribution is 2.38. The van der Waals surface area contributed by atoms with E-state index in [2.05, 4.69) is 4.74 Å². The fraction of sp³-hybridized carbons (Fsp3) is 0.348. The van der Waals surface area contributed by atoms with Crippen LogP contribution in [0.3, 0.4) is 0 Å². The molecule has 1 saturated heterocycles. The van der Waals surface area contributed by atoms with Gasteiger partial charge in [-0.15, -0.1) is 0 Å². The number of rotatable bonds is 8. The Morgan fingerprint density at radius 2 is 1.69 bits per heavy atom. The maximum atomic E-state index is 13.3. The molecular weight excluding hydrogens is 498 g/mol. The highest BCUT2D eigenvalue weighted by molar-refractivity contribution is 7.89. The van der Waals surface area contributed by atoms with Crippen LogP contribution in [0.2, 0.25) is 0 Å². The highest BCUT2D eigenvalue weighted by Gasteiger charge is 2.38. The van der Waals surface area contributed by atoms with Gasteiger partial charge in [0.05, 0.1) is 5.69 Å². The number of piperidine rings is 1. The number of amides is 3. The number of para-hydroxylation sites is 1. The third-order valence-corrected chi connectivity index (χ3v) is 7.47. The van der Waals surface area contributed by atoms with E-state index in [1.54, 1.807) is 24.3 Å². The van der Waals surface area contributed by atoms with Crippen molar-refractivity contribution in [3.8, 4) is 5.75 Å². The summed E-state index contributed by atoms with van der Waals surface area (Å²) in [4.78, 5) is 39.3. The predicted octanol–water partition coefficient (Wildman–Crippen LogP) is 1.48. The summed E-state index contributed by atoms with van der Waals surface area (Å²) in [5.41, 5.74) is 6.88. The number of halogens is 2. The number of hydrogen-bond acceptors (Lipinski definition) is 6. The van der Waals surface area contributed by atoms with Gasteiger partial charge in [0, 0.05) is 26.1 Å². The Kier molecular flexibility index (Phi) is 7.22. The molecule has 3 amide bonds. The summed E-state index contributed by atoms with van der Waals surface area (Å²) < 4.78 is 59.7. The Hall–Kier alpha value is -3.58. The van der Waals surface area contributed by atoms with Gasteiger partial charge in [-0.05, 0) is 36.1 Å². The van der Waals surface area contributed by atoms with E-state index in [1.165, 1.54) is 21.9 Å². The van der Waals surface area contributed by atoms with E-state index in [9.17, 15) is 31.6 Å². The summed E-state index contributed by atoms with van der Waals surface area (Å²) in [5.74, 6) is -3.29. The summed E-state index contributed by atoms with van der Waals surface area (Å²) in [6, 6.07) is 8.69. The van der Waals surface area contributed by atoms with E-state index in [1.807, 2.05) is 4.72 Å². The van der Waals surface area contributed by atoms with E-state index in [0.717, 1.165) is 17.2 Å². The molecule has 10 nitrogen and oxygen atoms in total. The molecule has 2 aliphatic rings. The molecule has 192 valence electrons. The summed E-state index contributed by atoms with van der Waals surface area (Å²) in [5, 5.41) is 0. The minimum atomic E-state index is -4.80. The topological polar surface area (TPSA) is 139 Å². The number of sulfonamides is 1. The molecule has 1 atom stereocenters. The first kappa shape index (κ1) is 25.5. The number of carbonyl (C=O) groups excluding carboxylic acids is 3. The number of nitrogens with one attached hydrogen (secondary N) is 1. The Labute approximate surface area is 206 Å². The number of nitrogens with zero attached hydrogens (tertiary/aromatic N) is 2. The minimum Gasteiger partial charge on any atom is -0.431 e. The van der Waals surface area contributed by atoms with Crippen LogP contribution in [0.4, 0.5) is 14.5 Å². The second-order valence-corrected chi connectivity index (χ2v) is 10.1. The number of nitrogens with two attached hydrogens (primary N) is 1. The lowest BCUT2D eigenvalue weighted by atomic mass is 10.1. The molecule has 0 bridgehead atoms. The second-order valence-electron chi connectivity index (χ2n) is 8.41. The van der Waals surface area contributed by atoms with Gasteiger partial charge < -0.3 is 20.3 Å². The first-order chi connectivity index (χ1) is 17.1. The summed E-state index contributed by atoms with van der Waals surface area (Å²) in [6.45, 7) is -2.93. The van der Waals surface area contributed by atoms with Gasteiger partial charge in [0.15, 0.2) is 11.8 Å². The number of anilines is 1. The molecule has 13 heteroatoms. The van der Waals surface area contributed by atoms with E-state index in [-0.39, 0.29) is 37.6 Å². The molecule has 0 aliphatic carbocycles. The number of hydrogen-bond donors (Lipinski definition) is 2. The number of fused-ring (bicyclic) bond motifs is 1. The van der Waals surface area contributed by atoms with E-state index in [0.29, 0.717) is 12.8 Å². The summed E-state index contributed by atoms with van der Waals surface area (Å²) in [7, 11) is -4.80. The molecule has 0 unspecified atom stereocenters. The van der Waals surface area contributed by atoms with Crippen LogP contribution in [0, 0.1) is 0 Å². The zero-order valence-electron chi connectivity index (χ0n) is 19.0. The molecule has 0 saturated carbocycles. The molecular formula is C23H24F2N4O6S. The molecule has 2 aromatic carbocycles. The average molecular weight is 523 g/mol. The van der Waals surface area contributed by atoms with Crippen LogP contribution in [-0.4, -0.2) is 50.2 Å². The predicted molar refractivity (Wildman–Crippen MR) is 123 cm³/mol. The van der Waals surface area contributed by atoms with Crippen LogP contribution in [0.25, 0.3) is 0 Å². The normalized spacial score (nSPS) is 16.7. The minimum absolute atomic E-state index is 0.146. The van der Waals surface area contributed by atoms with E-state index >= 15 is 0 Å². The smallest absolute Gasteiger partial charge is 0.387 e. The lowest BCUT2D eigenvalue weighted by Crippen LogP contribution is -2.54. The van der Waals surface area contributed by atoms with Gasteiger partial charge in [-0.25, -0.2) is 8.42 Å². The van der Waals surface area contributed by atoms with Crippen LogP contribution < -0.4 is 20.1 Å². The van der Waals surface area contributed by atoms with Crippen molar-refractivity contribution in [3.63, 3.8) is 0 Å². The van der Waals surface area contributed by atoms with E-state index in [4.69, 9.17) is 5.73 Å². The number of benzene rings is 2. The first-order valence-electron chi connectivity index (χ1n) is 11.1. The Balaban J connectivity index is 1.66. The zero-order chi connectivity index (χ0) is 26.0. The van der Waals surface area contributed by atoms with Crippen molar-refractivity contribution in [2.75, 3.05) is 11.4 Å². The van der Waals surface area contributed by atoms with Gasteiger partial charge >= 0.3 is 6.61 Å². The van der Waals surface area contributed by atoms with Gasteiger partial charge in [-0.1, -0.05) is 30.3 Å². The molecule has 0 radical (unpaired) electrons. The standard InChI is InChI=1S/C23H24F2N4O6S/c24-23(25)35-20-16(29-11-4-3-10-18(29)30)8-5-9-17(20)36(33,34)27-19(21(26)31)22(32)28-12-14-6-1-2-7-15(14)13-28/h1-2,5-9,19,23,27H,3-4,10-13H2,(H2,26,31)/t19-/m0/s1. The Morgan fingerprint density at radius 3 is 2.28 bits per heavy atom. The maximum absolute atomic E-state index is 13.3. The average Bonchev–Trinajstić information content (AvgIpc) is 3.27. The summed E-state index contributed by atoms with van der Waals surface area (Å²) in [6.07, 6.45) is 1.37. The SMILES string of the molecule is NC(=O)[C@H](NS(=O)(=O)c1cccc(N2CCCCC2=O)c1OC(F)F)C(=O)N1Cc2ccccc2C1. The van der Waals surface area contributed by atoms with Gasteiger partial charge in [-0.2, -0.15) is 13.5 Å². The molecule has 36 heavy (non-hydrogen) atoms. The van der Waals surface area contributed by atoms with Gasteiger partial charge in [0.25, 0.3) is 5.91 Å². The molecule has 2 aliphatic heterocycles. The van der Waals surface area contributed by atoms with Gasteiger partial charge in [-0.3, -0.25) is 14.4 Å². The number of alkyl halides is 2. The third-order valence-electron chi connectivity index (χ3n) is 6.03. The molecule has 3 N–H and O–H groups in total. The van der Waals surface area contributed by atoms with Crippen LogP contribution in [0.1, 0.15) is 30.4 Å². The molecule has 2 aromatic rings. The molecule has 1 fully saturated rings. The number of carbonyl (C=O) groups is 3. The third kappa shape index (κ3) is 5.16. The Morgan fingerprint density at radius 1 is 1.03 bits per heavy atom. The largest absolute Gasteiger partial charge is 0.431 e. The first-order valence-corrected chi connectivity index (χ1v) is 12.6. The lowest BCUT2D eigenvalue weighted by molar-refractivity contribution is -0.138. The van der Waals surface area contributed by atoms with Crippen LogP contribution in [-0.2, 0) is 37.5 Å². The number of ether oxygens (including phenoxy) is 1. The van der Waals surface area contributed by atoms with Crippen molar-refractivity contribution in [1.29, 1.82) is 0 Å². The van der Waals surface area contributed by atoms with Crippen LogP contribution in [0.15, 0.2) is 47.4 Å². The van der Waals surface area contributed by atoms with Gasteiger partial charge in [0.2, 0.25) is 21.8 Å². The number of primary amides is 1. The monoisotopic (exact) mass is 522 g/mol. The van der Waals surface area contributed by atoms with Crippen molar-refractivity contribution >= 4 is 33.4 Å². The van der Waals surface area contributed by atoms with Gasteiger partial charge in [0.1, 0.15) is 4.90 Å². The fourth-order valence-corrected chi connectivity index (χ4v) is 5.63. The molecule has 0 aromatic heterocycles. The van der Waals surface area contributed by atoms with Crippen molar-refractivity contribution in [2.45, 2.75) is 49.9 Å². The van der Waals surface area contributed by atoms with Crippen molar-refractivity contribution < 1.29 is 36.3 Å². The van der Waals surface area contributed by atoms with Crippen LogP contribution >= 0.6 is 0 Å². The molecule has 0 spiro atoms. The molecule has 4 rings (SSSR count). The van der Waals surface area contributed by atoms with Crippen molar-refractivity contribution in [3.05, 3.63) is 53.6 Å². The fourth-order valence-electron chi connectivity index (χ4n) is 4.32. The highest BCUT2D eigenvalue weighted by atomic mass is 32.2. The quantitative estimate of drug-likeness (QED) is 0.504. The van der Waals surface area contributed by atoms with E-state index < -0.39 is 45.1 Å². The summed E-state index contributed by atoms with van der Waals surface area (Å²) >= 11 is 0. The second kappa shape index (κ2) is 10.2. The van der Waals surface area contributed by atoms with Crippen molar-refractivity contribution in [2.24, 2.45) is 5.73 Å². The molecule has 2 heterocycles. The lowest BCUT2D eigenvalue weighted by Gasteiger charge is -2.29.